The Balaban J connectivity index is 1.69. The van der Waals surface area contributed by atoms with E-state index in [0.717, 1.165) is 48.0 Å². The fraction of sp³-hybridized carbons (Fsp3) is 0.286. The molecule has 2 amide bonds. The lowest BCUT2D eigenvalue weighted by atomic mass is 9.87. The Morgan fingerprint density at radius 1 is 1.32 bits per heavy atom. The summed E-state index contributed by atoms with van der Waals surface area (Å²) in [4.78, 5) is 16.3. The molecule has 3 N–H and O–H groups in total. The smallest absolute Gasteiger partial charge is 0.320 e. The molecule has 6 nitrogen and oxygen atoms in total. The molecule has 0 bridgehead atoms. The van der Waals surface area contributed by atoms with E-state index in [4.69, 9.17) is 6.42 Å². The summed E-state index contributed by atoms with van der Waals surface area (Å²) in [7, 11) is 0. The van der Waals surface area contributed by atoms with E-state index < -0.39 is 12.1 Å². The Kier molecular flexibility index (Phi) is 6.44. The van der Waals surface area contributed by atoms with Crippen LogP contribution in [-0.4, -0.2) is 22.7 Å². The fourth-order valence-corrected chi connectivity index (χ4v) is 3.76. The van der Waals surface area contributed by atoms with E-state index in [-0.39, 0.29) is 6.61 Å². The van der Waals surface area contributed by atoms with Gasteiger partial charge in [0.2, 0.25) is 0 Å². The van der Waals surface area contributed by atoms with E-state index >= 15 is 0 Å². The molecule has 1 aliphatic rings. The first-order chi connectivity index (χ1) is 13.6. The first-order valence-electron chi connectivity index (χ1n) is 8.97. The predicted molar refractivity (Wildman–Crippen MR) is 109 cm³/mol. The SMILES string of the molecule is C#Cc1nc(NC(=O)N[C@@H](CO)c2ccc(C3=C(C#N)CCCC3)cc2)cs1. The highest BCUT2D eigenvalue weighted by Gasteiger charge is 2.17. The summed E-state index contributed by atoms with van der Waals surface area (Å²) < 4.78 is 0. The molecule has 0 saturated carbocycles. The van der Waals surface area contributed by atoms with E-state index in [2.05, 4.69) is 27.6 Å². The number of urea groups is 1. The molecule has 0 radical (unpaired) electrons. The van der Waals surface area contributed by atoms with Crippen molar-refractivity contribution < 1.29 is 9.90 Å². The van der Waals surface area contributed by atoms with Gasteiger partial charge < -0.3 is 10.4 Å². The van der Waals surface area contributed by atoms with Gasteiger partial charge in [-0.05, 0) is 48.3 Å². The van der Waals surface area contributed by atoms with Crippen molar-refractivity contribution in [2.45, 2.75) is 31.7 Å². The van der Waals surface area contributed by atoms with Crippen LogP contribution in [0.1, 0.15) is 47.9 Å². The number of nitriles is 1. The fourth-order valence-electron chi connectivity index (χ4n) is 3.21. The van der Waals surface area contributed by atoms with Crippen LogP contribution in [0.4, 0.5) is 10.6 Å². The van der Waals surface area contributed by atoms with Crippen molar-refractivity contribution >= 4 is 28.8 Å². The first kappa shape index (κ1) is 19.6. The van der Waals surface area contributed by atoms with Crippen LogP contribution >= 0.6 is 11.3 Å². The lowest BCUT2D eigenvalue weighted by Gasteiger charge is -2.19. The van der Waals surface area contributed by atoms with Crippen LogP contribution in [0.3, 0.4) is 0 Å². The summed E-state index contributed by atoms with van der Waals surface area (Å²) in [5, 5.41) is 26.5. The van der Waals surface area contributed by atoms with Gasteiger partial charge in [0.25, 0.3) is 0 Å². The zero-order chi connectivity index (χ0) is 19.9. The molecule has 1 aromatic carbocycles. The minimum Gasteiger partial charge on any atom is -0.394 e. The van der Waals surface area contributed by atoms with Crippen molar-refractivity contribution in [2.75, 3.05) is 11.9 Å². The van der Waals surface area contributed by atoms with Crippen molar-refractivity contribution in [3.05, 3.63) is 51.4 Å². The number of carbonyl (C=O) groups excluding carboxylic acids is 1. The number of allylic oxidation sites excluding steroid dienone is 2. The third-order valence-electron chi connectivity index (χ3n) is 4.62. The number of benzene rings is 1. The number of nitrogens with one attached hydrogen (secondary N) is 2. The molecule has 3 rings (SSSR count). The Bertz CT molecular complexity index is 964. The molecule has 7 heteroatoms. The monoisotopic (exact) mass is 392 g/mol. The van der Waals surface area contributed by atoms with Gasteiger partial charge in [-0.3, -0.25) is 5.32 Å². The average Bonchev–Trinajstić information content (AvgIpc) is 3.19. The van der Waals surface area contributed by atoms with E-state index in [9.17, 15) is 15.2 Å². The van der Waals surface area contributed by atoms with Crippen molar-refractivity contribution in [2.24, 2.45) is 0 Å². The zero-order valence-corrected chi connectivity index (χ0v) is 16.1. The van der Waals surface area contributed by atoms with Crippen molar-refractivity contribution in [3.63, 3.8) is 0 Å². The maximum Gasteiger partial charge on any atom is 0.320 e. The number of terminal acetylenes is 1. The standard InChI is InChI=1S/C21H20N4O2S/c1-2-20-24-19(13-28-20)25-21(27)23-18(12-26)15-9-7-14(8-10-15)17-6-4-3-5-16(17)11-22/h1,7-10,13,18,26H,3-6,12H2,(H2,23,25,27)/t18-/m0/s1. The Hall–Kier alpha value is -3.13. The molecule has 0 spiro atoms. The van der Waals surface area contributed by atoms with Crippen LogP contribution in [0, 0.1) is 23.7 Å². The molecule has 142 valence electrons. The molecule has 1 heterocycles. The van der Waals surface area contributed by atoms with E-state index in [1.807, 2.05) is 24.3 Å². The Morgan fingerprint density at radius 2 is 2.07 bits per heavy atom. The quantitative estimate of drug-likeness (QED) is 0.674. The van der Waals surface area contributed by atoms with Gasteiger partial charge >= 0.3 is 6.03 Å². The van der Waals surface area contributed by atoms with Gasteiger partial charge in [-0.25, -0.2) is 9.78 Å². The summed E-state index contributed by atoms with van der Waals surface area (Å²) >= 11 is 1.26. The second-order valence-corrected chi connectivity index (χ2v) is 7.27. The summed E-state index contributed by atoms with van der Waals surface area (Å²) in [6.07, 6.45) is 9.14. The molecule has 2 aromatic rings. The number of aliphatic hydroxyl groups is 1. The summed E-state index contributed by atoms with van der Waals surface area (Å²) in [5.41, 5.74) is 3.74. The normalized spacial score (nSPS) is 14.7. The minimum atomic E-state index is -0.560. The zero-order valence-electron chi connectivity index (χ0n) is 15.2. The number of aliphatic hydroxyl groups excluding tert-OH is 1. The number of thiazole rings is 1. The van der Waals surface area contributed by atoms with Gasteiger partial charge in [-0.15, -0.1) is 17.8 Å². The minimum absolute atomic E-state index is 0.244. The van der Waals surface area contributed by atoms with Crippen LogP contribution in [0.5, 0.6) is 0 Å². The van der Waals surface area contributed by atoms with Crippen LogP contribution in [0.15, 0.2) is 35.2 Å². The number of amides is 2. The average molecular weight is 392 g/mol. The number of anilines is 1. The molecule has 1 atom stereocenters. The number of hydrogen-bond acceptors (Lipinski definition) is 5. The third kappa shape index (κ3) is 4.58. The number of rotatable bonds is 5. The highest BCUT2D eigenvalue weighted by Crippen LogP contribution is 2.32. The van der Waals surface area contributed by atoms with Crippen molar-refractivity contribution in [1.82, 2.24) is 10.3 Å². The second-order valence-electron chi connectivity index (χ2n) is 6.41. The maximum atomic E-state index is 12.2. The first-order valence-corrected chi connectivity index (χ1v) is 9.85. The van der Waals surface area contributed by atoms with Gasteiger partial charge in [0.05, 0.1) is 18.7 Å². The molecule has 1 aromatic heterocycles. The van der Waals surface area contributed by atoms with Crippen LogP contribution in [0.2, 0.25) is 0 Å². The highest BCUT2D eigenvalue weighted by molar-refractivity contribution is 7.10. The molecule has 1 aliphatic carbocycles. The summed E-state index contributed by atoms with van der Waals surface area (Å²) in [6, 6.07) is 8.89. The van der Waals surface area contributed by atoms with Gasteiger partial charge in [0.1, 0.15) is 5.82 Å². The lowest BCUT2D eigenvalue weighted by Crippen LogP contribution is -2.34. The highest BCUT2D eigenvalue weighted by atomic mass is 32.1. The van der Waals surface area contributed by atoms with Crippen LogP contribution in [0.25, 0.3) is 5.57 Å². The van der Waals surface area contributed by atoms with E-state index in [1.54, 1.807) is 5.38 Å². The molecule has 0 aliphatic heterocycles. The number of nitrogens with zero attached hydrogens (tertiary/aromatic N) is 2. The van der Waals surface area contributed by atoms with E-state index in [1.165, 1.54) is 11.3 Å². The molecular weight excluding hydrogens is 372 g/mol. The van der Waals surface area contributed by atoms with Gasteiger partial charge in [0.15, 0.2) is 5.01 Å². The Morgan fingerprint density at radius 3 is 2.71 bits per heavy atom. The topological polar surface area (TPSA) is 98.0 Å². The molecule has 0 unspecified atom stereocenters. The van der Waals surface area contributed by atoms with Gasteiger partial charge in [0, 0.05) is 11.0 Å². The maximum absolute atomic E-state index is 12.2. The van der Waals surface area contributed by atoms with Crippen LogP contribution in [-0.2, 0) is 0 Å². The van der Waals surface area contributed by atoms with Gasteiger partial charge in [-0.2, -0.15) is 5.26 Å². The number of carbonyl (C=O) groups is 1. The largest absolute Gasteiger partial charge is 0.394 e. The summed E-state index contributed by atoms with van der Waals surface area (Å²) in [5.74, 6) is 2.78. The van der Waals surface area contributed by atoms with Crippen molar-refractivity contribution in [3.8, 4) is 18.4 Å². The van der Waals surface area contributed by atoms with Gasteiger partial charge in [-0.1, -0.05) is 24.3 Å². The summed E-state index contributed by atoms with van der Waals surface area (Å²) in [6.45, 7) is -0.244. The van der Waals surface area contributed by atoms with Crippen LogP contribution < -0.4 is 10.6 Å². The lowest BCUT2D eigenvalue weighted by molar-refractivity contribution is 0.225. The van der Waals surface area contributed by atoms with Crippen molar-refractivity contribution in [1.29, 1.82) is 5.26 Å². The molecule has 28 heavy (non-hydrogen) atoms. The Labute approximate surface area is 167 Å². The molecular formula is C21H20N4O2S. The third-order valence-corrected chi connectivity index (χ3v) is 5.39. The van der Waals surface area contributed by atoms with E-state index in [0.29, 0.717) is 10.8 Å². The number of aromatic nitrogens is 1. The second kappa shape index (κ2) is 9.18. The molecule has 0 saturated heterocycles. The molecule has 0 fully saturated rings. The number of hydrogen-bond donors (Lipinski definition) is 3. The predicted octanol–water partition coefficient (Wildman–Crippen LogP) is 3.83.